The van der Waals surface area contributed by atoms with E-state index in [1.54, 1.807) is 0 Å². The van der Waals surface area contributed by atoms with E-state index in [9.17, 15) is 17.4 Å². The van der Waals surface area contributed by atoms with Crippen LogP contribution in [0.3, 0.4) is 0 Å². The van der Waals surface area contributed by atoms with Crippen molar-refractivity contribution in [1.82, 2.24) is 9.78 Å². The molecule has 2 atom stereocenters. The zero-order valence-corrected chi connectivity index (χ0v) is 17.3. The zero-order chi connectivity index (χ0) is 20.6. The van der Waals surface area contributed by atoms with Crippen molar-refractivity contribution in [3.8, 4) is 0 Å². The van der Waals surface area contributed by atoms with Crippen LogP contribution in [0.15, 0.2) is 35.2 Å². The lowest BCUT2D eigenvalue weighted by molar-refractivity contribution is -0.139. The fourth-order valence-electron chi connectivity index (χ4n) is 4.50. The SMILES string of the molecule is Cc1cc(N2CCC(S(=O)c3ccccc3C(F)(F)F)C2)n(C2CCCCC2)n1. The van der Waals surface area contributed by atoms with E-state index in [1.165, 1.54) is 37.5 Å². The van der Waals surface area contributed by atoms with Crippen molar-refractivity contribution >= 4 is 16.6 Å². The molecular weight excluding hydrogens is 399 g/mol. The second-order valence-electron chi connectivity index (χ2n) is 8.03. The third-order valence-corrected chi connectivity index (χ3v) is 7.72. The number of alkyl halides is 3. The smallest absolute Gasteiger partial charge is 0.356 e. The average Bonchev–Trinajstić information content (AvgIpc) is 3.34. The van der Waals surface area contributed by atoms with Crippen molar-refractivity contribution in [2.45, 2.75) is 67.8 Å². The van der Waals surface area contributed by atoms with Gasteiger partial charge in [-0.25, -0.2) is 4.68 Å². The third kappa shape index (κ3) is 4.22. The predicted molar refractivity (Wildman–Crippen MR) is 108 cm³/mol. The maximum atomic E-state index is 13.3. The van der Waals surface area contributed by atoms with Gasteiger partial charge >= 0.3 is 6.18 Å². The van der Waals surface area contributed by atoms with Crippen LogP contribution in [0.2, 0.25) is 0 Å². The van der Waals surface area contributed by atoms with Crippen molar-refractivity contribution in [2.75, 3.05) is 18.0 Å². The standard InChI is InChI=1S/C21H26F3N3OS/c1-15-13-20(27(25-15)16-7-3-2-4-8-16)26-12-11-17(14-26)29(28)19-10-6-5-9-18(19)21(22,23)24/h5-6,9-10,13,16-17H,2-4,7-8,11-12,14H2,1H3. The number of aryl methyl sites for hydroxylation is 1. The first-order valence-electron chi connectivity index (χ1n) is 10.2. The Balaban J connectivity index is 1.54. The molecule has 1 aliphatic carbocycles. The molecule has 4 rings (SSSR count). The van der Waals surface area contributed by atoms with Gasteiger partial charge in [0.2, 0.25) is 0 Å². The molecule has 158 valence electrons. The van der Waals surface area contributed by atoms with E-state index in [0.717, 1.165) is 30.4 Å². The van der Waals surface area contributed by atoms with Gasteiger partial charge in [-0.15, -0.1) is 0 Å². The highest BCUT2D eigenvalue weighted by atomic mass is 32.2. The van der Waals surface area contributed by atoms with Crippen molar-refractivity contribution in [2.24, 2.45) is 0 Å². The lowest BCUT2D eigenvalue weighted by Gasteiger charge is -2.27. The van der Waals surface area contributed by atoms with Crippen LogP contribution in [0.4, 0.5) is 19.0 Å². The molecular formula is C21H26F3N3OS. The van der Waals surface area contributed by atoms with Crippen LogP contribution in [-0.4, -0.2) is 32.3 Å². The molecule has 1 saturated heterocycles. The summed E-state index contributed by atoms with van der Waals surface area (Å²) in [5.41, 5.74) is 0.150. The minimum Gasteiger partial charge on any atom is -0.356 e. The van der Waals surface area contributed by atoms with Crippen LogP contribution in [0.1, 0.15) is 55.8 Å². The first-order valence-corrected chi connectivity index (χ1v) is 11.4. The Labute approximate surface area is 171 Å². The van der Waals surface area contributed by atoms with Crippen LogP contribution >= 0.6 is 0 Å². The number of benzene rings is 1. The van der Waals surface area contributed by atoms with Crippen molar-refractivity contribution in [3.05, 3.63) is 41.6 Å². The van der Waals surface area contributed by atoms with Crippen LogP contribution in [-0.2, 0) is 17.0 Å². The van der Waals surface area contributed by atoms with Gasteiger partial charge in [-0.3, -0.25) is 4.21 Å². The number of anilines is 1. The highest BCUT2D eigenvalue weighted by Crippen LogP contribution is 2.37. The maximum Gasteiger partial charge on any atom is 0.417 e. The van der Waals surface area contributed by atoms with Crippen molar-refractivity contribution in [3.63, 3.8) is 0 Å². The summed E-state index contributed by atoms with van der Waals surface area (Å²) in [6.45, 7) is 3.13. The largest absolute Gasteiger partial charge is 0.417 e. The van der Waals surface area contributed by atoms with E-state index in [0.29, 0.717) is 25.6 Å². The summed E-state index contributed by atoms with van der Waals surface area (Å²) in [6, 6.07) is 7.65. The molecule has 2 fully saturated rings. The van der Waals surface area contributed by atoms with Gasteiger partial charge in [0, 0.05) is 19.2 Å². The molecule has 2 unspecified atom stereocenters. The van der Waals surface area contributed by atoms with Gasteiger partial charge in [0.25, 0.3) is 0 Å². The minimum atomic E-state index is -4.50. The van der Waals surface area contributed by atoms with E-state index < -0.39 is 22.5 Å². The van der Waals surface area contributed by atoms with Gasteiger partial charge in [0.05, 0.1) is 38.2 Å². The molecule has 1 aliphatic heterocycles. The van der Waals surface area contributed by atoms with Gasteiger partial charge in [-0.05, 0) is 38.3 Å². The molecule has 0 bridgehead atoms. The minimum absolute atomic E-state index is 0.108. The quantitative estimate of drug-likeness (QED) is 0.684. The Morgan fingerprint density at radius 3 is 2.55 bits per heavy atom. The fourth-order valence-corrected chi connectivity index (χ4v) is 6.11. The number of rotatable bonds is 4. The van der Waals surface area contributed by atoms with Crippen LogP contribution in [0.5, 0.6) is 0 Å². The number of hydrogen-bond acceptors (Lipinski definition) is 3. The van der Waals surface area contributed by atoms with E-state index in [1.807, 2.05) is 13.0 Å². The Bertz CT molecular complexity index is 890. The van der Waals surface area contributed by atoms with Crippen molar-refractivity contribution < 1.29 is 17.4 Å². The second-order valence-corrected chi connectivity index (χ2v) is 9.73. The summed E-state index contributed by atoms with van der Waals surface area (Å²) < 4.78 is 55.2. The fraction of sp³-hybridized carbons (Fsp3) is 0.571. The first-order chi connectivity index (χ1) is 13.8. The highest BCUT2D eigenvalue weighted by Gasteiger charge is 2.38. The molecule has 2 aliphatic rings. The Morgan fingerprint density at radius 1 is 1.10 bits per heavy atom. The molecule has 1 aromatic carbocycles. The molecule has 1 saturated carbocycles. The maximum absolute atomic E-state index is 13.3. The van der Waals surface area contributed by atoms with Crippen LogP contribution in [0, 0.1) is 6.92 Å². The molecule has 2 aromatic rings. The van der Waals surface area contributed by atoms with E-state index in [4.69, 9.17) is 5.10 Å². The molecule has 1 aromatic heterocycles. The topological polar surface area (TPSA) is 38.1 Å². The van der Waals surface area contributed by atoms with E-state index in [-0.39, 0.29) is 10.1 Å². The Kier molecular flexibility index (Phi) is 5.73. The monoisotopic (exact) mass is 425 g/mol. The highest BCUT2D eigenvalue weighted by molar-refractivity contribution is 7.85. The number of nitrogens with zero attached hydrogens (tertiary/aromatic N) is 3. The molecule has 29 heavy (non-hydrogen) atoms. The summed E-state index contributed by atoms with van der Waals surface area (Å²) >= 11 is 0. The summed E-state index contributed by atoms with van der Waals surface area (Å²) in [5, 5.41) is 4.38. The summed E-state index contributed by atoms with van der Waals surface area (Å²) in [6.07, 6.45) is 1.98. The molecule has 8 heteroatoms. The molecule has 0 radical (unpaired) electrons. The van der Waals surface area contributed by atoms with Gasteiger partial charge in [0.15, 0.2) is 0 Å². The second kappa shape index (κ2) is 8.13. The predicted octanol–water partition coefficient (Wildman–Crippen LogP) is 5.10. The summed E-state index contributed by atoms with van der Waals surface area (Å²) in [4.78, 5) is 2.04. The van der Waals surface area contributed by atoms with E-state index >= 15 is 0 Å². The van der Waals surface area contributed by atoms with Gasteiger partial charge in [-0.2, -0.15) is 18.3 Å². The lowest BCUT2D eigenvalue weighted by Crippen LogP contribution is -2.28. The lowest BCUT2D eigenvalue weighted by atomic mass is 9.96. The number of aromatic nitrogens is 2. The summed E-state index contributed by atoms with van der Waals surface area (Å²) in [7, 11) is -1.71. The van der Waals surface area contributed by atoms with Gasteiger partial charge < -0.3 is 4.90 Å². The molecule has 0 N–H and O–H groups in total. The normalized spacial score (nSPS) is 22.2. The Morgan fingerprint density at radius 2 is 1.83 bits per heavy atom. The van der Waals surface area contributed by atoms with Gasteiger partial charge in [-0.1, -0.05) is 31.4 Å². The Hall–Kier alpha value is -1.83. The molecule has 0 amide bonds. The zero-order valence-electron chi connectivity index (χ0n) is 16.5. The average molecular weight is 426 g/mol. The number of hydrogen-bond donors (Lipinski definition) is 0. The van der Waals surface area contributed by atoms with E-state index in [2.05, 4.69) is 9.58 Å². The summed E-state index contributed by atoms with van der Waals surface area (Å²) in [5.74, 6) is 1.01. The van der Waals surface area contributed by atoms with Gasteiger partial charge in [0.1, 0.15) is 5.82 Å². The van der Waals surface area contributed by atoms with Crippen LogP contribution < -0.4 is 4.90 Å². The van der Waals surface area contributed by atoms with Crippen molar-refractivity contribution in [1.29, 1.82) is 0 Å². The third-order valence-electron chi connectivity index (χ3n) is 5.94. The molecule has 2 heterocycles. The first kappa shape index (κ1) is 20.4. The van der Waals surface area contributed by atoms with Crippen LogP contribution in [0.25, 0.3) is 0 Å². The molecule has 0 spiro atoms. The number of halogens is 3. The molecule has 4 nitrogen and oxygen atoms in total.